The summed E-state index contributed by atoms with van der Waals surface area (Å²) >= 11 is 1.27. The highest BCUT2D eigenvalue weighted by Crippen LogP contribution is 2.24. The van der Waals surface area contributed by atoms with Gasteiger partial charge in [0.2, 0.25) is 0 Å². The van der Waals surface area contributed by atoms with Crippen LogP contribution in [0.25, 0.3) is 10.7 Å². The van der Waals surface area contributed by atoms with Crippen molar-refractivity contribution in [2.75, 3.05) is 0 Å². The van der Waals surface area contributed by atoms with E-state index in [0.717, 1.165) is 16.1 Å². The smallest absolute Gasteiger partial charge is 0.172 e. The standard InChI is InChI=1S/C15H13FN8S/c1-10-14(25-22-20-10)15-19-13(7-23-9-17-8-18-23)21-24(15)6-11-2-4-12(16)5-3-11/h2-5,8-9H,6-7H2,1H3. The molecule has 1 aromatic carbocycles. The second kappa shape index (κ2) is 6.48. The highest BCUT2D eigenvalue weighted by atomic mass is 32.1. The topological polar surface area (TPSA) is 87.2 Å². The van der Waals surface area contributed by atoms with Gasteiger partial charge in [0.1, 0.15) is 29.9 Å². The van der Waals surface area contributed by atoms with Crippen molar-refractivity contribution in [3.8, 4) is 10.7 Å². The van der Waals surface area contributed by atoms with Crippen LogP contribution in [0.3, 0.4) is 0 Å². The van der Waals surface area contributed by atoms with Crippen LogP contribution in [0.1, 0.15) is 17.1 Å². The van der Waals surface area contributed by atoms with Crippen molar-refractivity contribution in [1.29, 1.82) is 0 Å². The quantitative estimate of drug-likeness (QED) is 0.543. The number of hydrogen-bond donors (Lipinski definition) is 0. The molecule has 0 saturated heterocycles. The average Bonchev–Trinajstić information content (AvgIpc) is 3.32. The van der Waals surface area contributed by atoms with Gasteiger partial charge in [-0.25, -0.2) is 23.7 Å². The molecular formula is C15H13FN8S. The molecule has 0 bridgehead atoms. The third kappa shape index (κ3) is 3.29. The van der Waals surface area contributed by atoms with E-state index in [4.69, 9.17) is 0 Å². The van der Waals surface area contributed by atoms with E-state index in [1.807, 2.05) is 6.92 Å². The first-order valence-electron chi connectivity index (χ1n) is 7.49. The number of rotatable bonds is 5. The van der Waals surface area contributed by atoms with Gasteiger partial charge in [-0.3, -0.25) is 0 Å². The van der Waals surface area contributed by atoms with Crippen LogP contribution in [-0.4, -0.2) is 39.1 Å². The largest absolute Gasteiger partial charge is 0.245 e. The molecule has 0 radical (unpaired) electrons. The van der Waals surface area contributed by atoms with Gasteiger partial charge in [-0.1, -0.05) is 16.6 Å². The Morgan fingerprint density at radius 2 is 2.00 bits per heavy atom. The summed E-state index contributed by atoms with van der Waals surface area (Å²) in [5, 5.41) is 12.7. The van der Waals surface area contributed by atoms with Crippen molar-refractivity contribution in [2.45, 2.75) is 20.0 Å². The molecule has 0 N–H and O–H groups in total. The van der Waals surface area contributed by atoms with Crippen molar-refractivity contribution >= 4 is 11.5 Å². The van der Waals surface area contributed by atoms with E-state index in [-0.39, 0.29) is 5.82 Å². The molecule has 0 aliphatic carbocycles. The van der Waals surface area contributed by atoms with E-state index in [1.54, 1.807) is 27.8 Å². The van der Waals surface area contributed by atoms with Crippen molar-refractivity contribution in [3.63, 3.8) is 0 Å². The molecule has 8 nitrogen and oxygen atoms in total. The maximum atomic E-state index is 13.1. The maximum Gasteiger partial charge on any atom is 0.172 e. The Hall–Kier alpha value is -3.01. The summed E-state index contributed by atoms with van der Waals surface area (Å²) in [7, 11) is 0. The minimum Gasteiger partial charge on any atom is -0.245 e. The molecule has 10 heteroatoms. The lowest BCUT2D eigenvalue weighted by molar-refractivity contribution is 0.618. The highest BCUT2D eigenvalue weighted by Gasteiger charge is 2.17. The second-order valence-electron chi connectivity index (χ2n) is 5.42. The molecule has 4 rings (SSSR count). The Balaban J connectivity index is 1.71. The lowest BCUT2D eigenvalue weighted by atomic mass is 10.2. The minimum absolute atomic E-state index is 0.267. The Morgan fingerprint density at radius 1 is 1.16 bits per heavy atom. The molecule has 0 fully saturated rings. The molecule has 0 saturated carbocycles. The monoisotopic (exact) mass is 356 g/mol. The number of benzene rings is 1. The predicted molar refractivity (Wildman–Crippen MR) is 88.3 cm³/mol. The van der Waals surface area contributed by atoms with Crippen LogP contribution in [0.15, 0.2) is 36.9 Å². The molecule has 0 unspecified atom stereocenters. The number of hydrogen-bond acceptors (Lipinski definition) is 7. The molecule has 25 heavy (non-hydrogen) atoms. The SMILES string of the molecule is Cc1nnsc1-c1nc(Cn2cncn2)nn1Cc1ccc(F)cc1. The fourth-order valence-corrected chi connectivity index (χ4v) is 3.04. The van der Waals surface area contributed by atoms with Gasteiger partial charge >= 0.3 is 0 Å². The maximum absolute atomic E-state index is 13.1. The van der Waals surface area contributed by atoms with Crippen LogP contribution in [0.4, 0.5) is 4.39 Å². The van der Waals surface area contributed by atoms with E-state index in [9.17, 15) is 4.39 Å². The molecule has 0 atom stereocenters. The zero-order valence-corrected chi connectivity index (χ0v) is 14.1. The first-order chi connectivity index (χ1) is 12.2. The summed E-state index contributed by atoms with van der Waals surface area (Å²) in [5.41, 5.74) is 1.72. The first kappa shape index (κ1) is 15.5. The number of aromatic nitrogens is 8. The van der Waals surface area contributed by atoms with Gasteiger partial charge < -0.3 is 0 Å². The summed E-state index contributed by atoms with van der Waals surface area (Å²) < 4.78 is 20.5. The van der Waals surface area contributed by atoms with Crippen molar-refractivity contribution < 1.29 is 4.39 Å². The number of aryl methyl sites for hydroxylation is 1. The molecule has 0 spiro atoms. The Bertz CT molecular complexity index is 974. The first-order valence-corrected chi connectivity index (χ1v) is 8.26. The summed E-state index contributed by atoms with van der Waals surface area (Å²) in [6, 6.07) is 6.33. The third-order valence-electron chi connectivity index (χ3n) is 3.59. The van der Waals surface area contributed by atoms with Gasteiger partial charge in [-0.05, 0) is 36.2 Å². The Kier molecular flexibility index (Phi) is 4.02. The van der Waals surface area contributed by atoms with E-state index >= 15 is 0 Å². The lowest BCUT2D eigenvalue weighted by Crippen LogP contribution is -2.06. The molecule has 3 heterocycles. The van der Waals surface area contributed by atoms with E-state index in [1.165, 1.54) is 30.0 Å². The van der Waals surface area contributed by atoms with Crippen molar-refractivity contribution in [2.24, 2.45) is 0 Å². The van der Waals surface area contributed by atoms with Gasteiger partial charge in [-0.15, -0.1) is 5.10 Å². The minimum atomic E-state index is -0.267. The summed E-state index contributed by atoms with van der Waals surface area (Å²) in [5.74, 6) is 1.03. The van der Waals surface area contributed by atoms with Crippen LogP contribution in [0.5, 0.6) is 0 Å². The summed E-state index contributed by atoms with van der Waals surface area (Å²) in [6.07, 6.45) is 3.08. The molecule has 4 aromatic rings. The van der Waals surface area contributed by atoms with E-state index in [0.29, 0.717) is 24.7 Å². The lowest BCUT2D eigenvalue weighted by Gasteiger charge is -2.05. The van der Waals surface area contributed by atoms with Gasteiger partial charge in [0.05, 0.1) is 12.2 Å². The van der Waals surface area contributed by atoms with Gasteiger partial charge in [0, 0.05) is 0 Å². The third-order valence-corrected chi connectivity index (χ3v) is 4.41. The molecule has 0 aliphatic rings. The average molecular weight is 356 g/mol. The Labute approximate surface area is 146 Å². The van der Waals surface area contributed by atoms with Gasteiger partial charge in [-0.2, -0.15) is 10.2 Å². The second-order valence-corrected chi connectivity index (χ2v) is 6.17. The van der Waals surface area contributed by atoms with Gasteiger partial charge in [0.25, 0.3) is 0 Å². The van der Waals surface area contributed by atoms with Crippen molar-refractivity contribution in [1.82, 2.24) is 39.1 Å². The highest BCUT2D eigenvalue weighted by molar-refractivity contribution is 7.09. The molecule has 0 amide bonds. The van der Waals surface area contributed by atoms with Crippen molar-refractivity contribution in [3.05, 3.63) is 59.8 Å². The Morgan fingerprint density at radius 3 is 2.68 bits per heavy atom. The number of nitrogens with zero attached hydrogens (tertiary/aromatic N) is 8. The molecule has 3 aromatic heterocycles. The summed E-state index contributed by atoms with van der Waals surface area (Å²) in [6.45, 7) is 2.76. The zero-order valence-electron chi connectivity index (χ0n) is 13.2. The predicted octanol–water partition coefficient (Wildman–Crippen LogP) is 1.93. The van der Waals surface area contributed by atoms with E-state index < -0.39 is 0 Å². The van der Waals surface area contributed by atoms with Crippen LogP contribution in [-0.2, 0) is 13.1 Å². The number of halogens is 1. The molecule has 126 valence electrons. The summed E-state index contributed by atoms with van der Waals surface area (Å²) in [4.78, 5) is 9.41. The van der Waals surface area contributed by atoms with Crippen LogP contribution < -0.4 is 0 Å². The zero-order chi connectivity index (χ0) is 17.2. The molecular weight excluding hydrogens is 343 g/mol. The van der Waals surface area contributed by atoms with Gasteiger partial charge in [0.15, 0.2) is 11.6 Å². The normalized spacial score (nSPS) is 11.1. The fourth-order valence-electron chi connectivity index (χ4n) is 2.39. The van der Waals surface area contributed by atoms with Crippen LogP contribution >= 0.6 is 11.5 Å². The van der Waals surface area contributed by atoms with Crippen LogP contribution in [0, 0.1) is 12.7 Å². The van der Waals surface area contributed by atoms with Crippen LogP contribution in [0.2, 0.25) is 0 Å². The van der Waals surface area contributed by atoms with E-state index in [2.05, 4.69) is 29.8 Å². The molecule has 0 aliphatic heterocycles. The fraction of sp³-hybridized carbons (Fsp3) is 0.200.